The van der Waals surface area contributed by atoms with E-state index in [1.807, 2.05) is 0 Å². The van der Waals surface area contributed by atoms with E-state index in [1.54, 1.807) is 0 Å². The zero-order valence-electron chi connectivity index (χ0n) is 12.2. The first-order valence-corrected chi connectivity index (χ1v) is 7.71. The molecule has 0 aliphatic carbocycles. The van der Waals surface area contributed by atoms with E-state index in [9.17, 15) is 0 Å². The molecule has 0 amide bonds. The van der Waals surface area contributed by atoms with Gasteiger partial charge in [0.25, 0.3) is 0 Å². The molecular weight excluding hydrogens is 234 g/mol. The molecule has 1 aromatic carbocycles. The van der Waals surface area contributed by atoms with E-state index in [0.29, 0.717) is 5.92 Å². The Kier molecular flexibility index (Phi) is 3.53. The Hall–Kier alpha value is -1.02. The monoisotopic (exact) mass is 259 g/mol. The predicted molar refractivity (Wildman–Crippen MR) is 78.6 cm³/mol. The summed E-state index contributed by atoms with van der Waals surface area (Å²) in [4.78, 5) is 0. The number of para-hydroxylation sites is 1. The summed E-state index contributed by atoms with van der Waals surface area (Å²) in [5, 5.41) is 3.79. The summed E-state index contributed by atoms with van der Waals surface area (Å²) in [6.45, 7) is 6.65. The maximum Gasteiger partial charge on any atom is 0.127 e. The maximum atomic E-state index is 6.03. The van der Waals surface area contributed by atoms with Crippen LogP contribution in [-0.4, -0.2) is 13.2 Å². The molecule has 2 aliphatic rings. The number of nitrogens with one attached hydrogen (secondary N) is 1. The van der Waals surface area contributed by atoms with E-state index < -0.39 is 0 Å². The largest absolute Gasteiger partial charge is 0.493 e. The first-order valence-electron chi connectivity index (χ1n) is 7.71. The number of ether oxygens (including phenoxy) is 1. The second-order valence-electron chi connectivity index (χ2n) is 6.46. The molecule has 3 rings (SSSR count). The van der Waals surface area contributed by atoms with Crippen LogP contribution in [0.5, 0.6) is 5.75 Å². The van der Waals surface area contributed by atoms with Crippen molar-refractivity contribution < 1.29 is 4.74 Å². The average Bonchev–Trinajstić information content (AvgIpc) is 2.87. The summed E-state index contributed by atoms with van der Waals surface area (Å²) in [6, 6.07) is 6.73. The van der Waals surface area contributed by atoms with Crippen molar-refractivity contribution in [2.24, 2.45) is 5.92 Å². The molecular formula is C17H25NO. The minimum Gasteiger partial charge on any atom is -0.493 e. The highest BCUT2D eigenvalue weighted by Crippen LogP contribution is 2.43. The van der Waals surface area contributed by atoms with Crippen LogP contribution in [0, 0.1) is 5.92 Å². The van der Waals surface area contributed by atoms with Crippen LogP contribution < -0.4 is 10.1 Å². The van der Waals surface area contributed by atoms with Crippen LogP contribution in [0.4, 0.5) is 0 Å². The van der Waals surface area contributed by atoms with Gasteiger partial charge in [-0.25, -0.2) is 0 Å². The van der Waals surface area contributed by atoms with Crippen molar-refractivity contribution in [3.05, 3.63) is 29.3 Å². The molecule has 0 aromatic heterocycles. The molecule has 1 saturated heterocycles. The predicted octanol–water partition coefficient (Wildman–Crippen LogP) is 3.64. The number of rotatable bonds is 3. The van der Waals surface area contributed by atoms with Gasteiger partial charge in [-0.05, 0) is 50.1 Å². The highest BCUT2D eigenvalue weighted by Gasteiger charge is 2.38. The van der Waals surface area contributed by atoms with Gasteiger partial charge in [-0.1, -0.05) is 32.0 Å². The smallest absolute Gasteiger partial charge is 0.127 e. The lowest BCUT2D eigenvalue weighted by Gasteiger charge is -2.35. The fourth-order valence-electron chi connectivity index (χ4n) is 3.78. The normalized spacial score (nSPS) is 26.3. The Morgan fingerprint density at radius 2 is 2.21 bits per heavy atom. The third kappa shape index (κ3) is 2.38. The minimum atomic E-state index is 0.150. The molecule has 1 N–H and O–H groups in total. The molecule has 0 bridgehead atoms. The Morgan fingerprint density at radius 3 is 2.95 bits per heavy atom. The molecule has 1 fully saturated rings. The summed E-state index contributed by atoms with van der Waals surface area (Å²) in [6.07, 6.45) is 6.04. The van der Waals surface area contributed by atoms with E-state index in [1.165, 1.54) is 42.6 Å². The van der Waals surface area contributed by atoms with Crippen LogP contribution in [0.2, 0.25) is 0 Å². The molecule has 0 saturated carbocycles. The molecule has 0 radical (unpaired) electrons. The Bertz CT molecular complexity index is 447. The van der Waals surface area contributed by atoms with Gasteiger partial charge in [0.05, 0.1) is 6.61 Å². The van der Waals surface area contributed by atoms with Gasteiger partial charge < -0.3 is 10.1 Å². The molecule has 2 heterocycles. The van der Waals surface area contributed by atoms with Crippen molar-refractivity contribution in [2.45, 2.75) is 51.5 Å². The lowest BCUT2D eigenvalue weighted by Crippen LogP contribution is -2.39. The van der Waals surface area contributed by atoms with Crippen LogP contribution in [0.3, 0.4) is 0 Å². The van der Waals surface area contributed by atoms with E-state index in [4.69, 9.17) is 4.74 Å². The van der Waals surface area contributed by atoms with E-state index in [2.05, 4.69) is 37.4 Å². The van der Waals surface area contributed by atoms with Gasteiger partial charge in [0, 0.05) is 11.1 Å². The fourth-order valence-corrected chi connectivity index (χ4v) is 3.78. The lowest BCUT2D eigenvalue weighted by molar-refractivity contribution is 0.256. The minimum absolute atomic E-state index is 0.150. The summed E-state index contributed by atoms with van der Waals surface area (Å²) < 4.78 is 6.03. The molecule has 0 spiro atoms. The van der Waals surface area contributed by atoms with Gasteiger partial charge in [0.2, 0.25) is 0 Å². The standard InChI is InChI=1S/C17H25NO/c1-13(2)12-17(9-5-10-18-17)15-8-3-6-14-7-4-11-19-16(14)15/h3,6,8,13,18H,4-5,7,9-12H2,1-2H3. The first-order chi connectivity index (χ1) is 9.21. The summed E-state index contributed by atoms with van der Waals surface area (Å²) in [7, 11) is 0. The zero-order chi connectivity index (χ0) is 13.3. The fraction of sp³-hybridized carbons (Fsp3) is 0.647. The van der Waals surface area contributed by atoms with Crippen LogP contribution >= 0.6 is 0 Å². The van der Waals surface area contributed by atoms with Crippen molar-refractivity contribution >= 4 is 0 Å². The van der Waals surface area contributed by atoms with Crippen LogP contribution in [0.1, 0.15) is 50.7 Å². The summed E-state index contributed by atoms with van der Waals surface area (Å²) in [5.74, 6) is 1.88. The molecule has 19 heavy (non-hydrogen) atoms. The molecule has 1 atom stereocenters. The average molecular weight is 259 g/mol. The van der Waals surface area contributed by atoms with Crippen LogP contribution in [0.25, 0.3) is 0 Å². The summed E-state index contributed by atoms with van der Waals surface area (Å²) >= 11 is 0. The van der Waals surface area contributed by atoms with Crippen molar-refractivity contribution in [3.63, 3.8) is 0 Å². The van der Waals surface area contributed by atoms with Crippen molar-refractivity contribution in [1.29, 1.82) is 0 Å². The number of benzene rings is 1. The molecule has 1 unspecified atom stereocenters. The molecule has 104 valence electrons. The second-order valence-corrected chi connectivity index (χ2v) is 6.46. The second kappa shape index (κ2) is 5.16. The van der Waals surface area contributed by atoms with Gasteiger partial charge in [0.1, 0.15) is 5.75 Å². The Balaban J connectivity index is 2.03. The highest BCUT2D eigenvalue weighted by molar-refractivity contribution is 5.47. The van der Waals surface area contributed by atoms with E-state index >= 15 is 0 Å². The number of fused-ring (bicyclic) bond motifs is 1. The van der Waals surface area contributed by atoms with Gasteiger partial charge in [0.15, 0.2) is 0 Å². The van der Waals surface area contributed by atoms with Gasteiger partial charge >= 0.3 is 0 Å². The molecule has 2 heteroatoms. The van der Waals surface area contributed by atoms with Crippen molar-refractivity contribution in [1.82, 2.24) is 5.32 Å². The molecule has 2 aliphatic heterocycles. The Labute approximate surface area is 116 Å². The Morgan fingerprint density at radius 1 is 1.32 bits per heavy atom. The van der Waals surface area contributed by atoms with Crippen LogP contribution in [-0.2, 0) is 12.0 Å². The number of hydrogen-bond acceptors (Lipinski definition) is 2. The maximum absolute atomic E-state index is 6.03. The molecule has 1 aromatic rings. The molecule has 2 nitrogen and oxygen atoms in total. The SMILES string of the molecule is CC(C)CC1(c2cccc3c2OCCC3)CCCN1. The van der Waals surface area contributed by atoms with Crippen molar-refractivity contribution in [3.8, 4) is 5.75 Å². The third-order valence-corrected chi connectivity index (χ3v) is 4.45. The van der Waals surface area contributed by atoms with Crippen molar-refractivity contribution in [2.75, 3.05) is 13.2 Å². The number of hydrogen-bond donors (Lipinski definition) is 1. The quantitative estimate of drug-likeness (QED) is 0.895. The van der Waals surface area contributed by atoms with Crippen LogP contribution in [0.15, 0.2) is 18.2 Å². The van der Waals surface area contributed by atoms with E-state index in [0.717, 1.165) is 19.6 Å². The third-order valence-electron chi connectivity index (χ3n) is 4.45. The number of aryl methyl sites for hydroxylation is 1. The topological polar surface area (TPSA) is 21.3 Å². The van der Waals surface area contributed by atoms with E-state index in [-0.39, 0.29) is 5.54 Å². The van der Waals surface area contributed by atoms with Gasteiger partial charge in [-0.3, -0.25) is 0 Å². The highest BCUT2D eigenvalue weighted by atomic mass is 16.5. The first kappa shape index (κ1) is 13.0. The van der Waals surface area contributed by atoms with Gasteiger partial charge in [-0.2, -0.15) is 0 Å². The summed E-state index contributed by atoms with van der Waals surface area (Å²) in [5.41, 5.74) is 2.97. The zero-order valence-corrected chi connectivity index (χ0v) is 12.2. The van der Waals surface area contributed by atoms with Gasteiger partial charge in [-0.15, -0.1) is 0 Å². The lowest BCUT2D eigenvalue weighted by atomic mass is 9.79.